The van der Waals surface area contributed by atoms with E-state index in [4.69, 9.17) is 0 Å². The van der Waals surface area contributed by atoms with E-state index in [2.05, 4.69) is 10.6 Å². The van der Waals surface area contributed by atoms with Crippen LogP contribution in [0.3, 0.4) is 0 Å². The maximum absolute atomic E-state index is 13.1. The fourth-order valence-corrected chi connectivity index (χ4v) is 2.23. The number of thioether (sulfide) groups is 1. The molecule has 0 aliphatic heterocycles. The van der Waals surface area contributed by atoms with Gasteiger partial charge >= 0.3 is 6.03 Å². The highest BCUT2D eigenvalue weighted by molar-refractivity contribution is 7.98. The molecule has 110 valence electrons. The third-order valence-electron chi connectivity index (χ3n) is 3.06. The zero-order valence-corrected chi connectivity index (χ0v) is 12.8. The van der Waals surface area contributed by atoms with Gasteiger partial charge in [0.1, 0.15) is 5.82 Å². The molecule has 0 atom stereocenters. The summed E-state index contributed by atoms with van der Waals surface area (Å²) in [5, 5.41) is 5.40. The molecule has 2 N–H and O–H groups in total. The lowest BCUT2D eigenvalue weighted by Gasteiger charge is -2.10. The second kappa shape index (κ2) is 7.13. The molecule has 0 aliphatic rings. The van der Waals surface area contributed by atoms with E-state index in [9.17, 15) is 9.18 Å². The molecule has 2 aromatic carbocycles. The van der Waals surface area contributed by atoms with Gasteiger partial charge in [-0.15, -0.1) is 11.8 Å². The molecule has 0 heterocycles. The Morgan fingerprint density at radius 3 is 2.57 bits per heavy atom. The van der Waals surface area contributed by atoms with Crippen molar-refractivity contribution in [3.63, 3.8) is 0 Å². The Morgan fingerprint density at radius 2 is 1.90 bits per heavy atom. The van der Waals surface area contributed by atoms with E-state index in [1.807, 2.05) is 37.4 Å². The predicted molar refractivity (Wildman–Crippen MR) is 85.2 cm³/mol. The lowest BCUT2D eigenvalue weighted by Crippen LogP contribution is -2.28. The Labute approximate surface area is 127 Å². The molecule has 0 saturated carbocycles. The fraction of sp³-hybridized carbons (Fsp3) is 0.188. The van der Waals surface area contributed by atoms with E-state index in [0.717, 1.165) is 11.1 Å². The minimum absolute atomic E-state index is 0.349. The van der Waals surface area contributed by atoms with Gasteiger partial charge in [0.05, 0.1) is 0 Å². The third kappa shape index (κ3) is 4.49. The van der Waals surface area contributed by atoms with Crippen molar-refractivity contribution in [2.24, 2.45) is 0 Å². The Hall–Kier alpha value is -2.01. The van der Waals surface area contributed by atoms with E-state index in [1.54, 1.807) is 17.8 Å². The highest BCUT2D eigenvalue weighted by atomic mass is 32.2. The zero-order valence-electron chi connectivity index (χ0n) is 11.9. The van der Waals surface area contributed by atoms with Crippen molar-refractivity contribution in [2.75, 3.05) is 11.6 Å². The average molecular weight is 304 g/mol. The number of carbonyl (C=O) groups excluding carboxylic acids is 1. The number of aryl methyl sites for hydroxylation is 1. The van der Waals surface area contributed by atoms with Crippen molar-refractivity contribution in [1.29, 1.82) is 0 Å². The SMILES string of the molecule is CSc1ccc(CNC(=O)Nc2cc(F)ccc2C)cc1. The number of halogens is 1. The summed E-state index contributed by atoms with van der Waals surface area (Å²) in [7, 11) is 0. The number of rotatable bonds is 4. The molecule has 0 fully saturated rings. The normalized spacial score (nSPS) is 10.2. The van der Waals surface area contributed by atoms with Crippen LogP contribution in [0.25, 0.3) is 0 Å². The fourth-order valence-electron chi connectivity index (χ4n) is 1.82. The molecule has 2 aromatic rings. The summed E-state index contributed by atoms with van der Waals surface area (Å²) in [6, 6.07) is 11.9. The van der Waals surface area contributed by atoms with Crippen LogP contribution >= 0.6 is 11.8 Å². The van der Waals surface area contributed by atoms with Gasteiger partial charge in [-0.1, -0.05) is 18.2 Å². The van der Waals surface area contributed by atoms with Gasteiger partial charge in [0.15, 0.2) is 0 Å². The molecule has 21 heavy (non-hydrogen) atoms. The number of carbonyl (C=O) groups is 1. The van der Waals surface area contributed by atoms with Crippen molar-refractivity contribution in [3.8, 4) is 0 Å². The van der Waals surface area contributed by atoms with Gasteiger partial charge in [-0.3, -0.25) is 0 Å². The molecule has 2 rings (SSSR count). The summed E-state index contributed by atoms with van der Waals surface area (Å²) < 4.78 is 13.1. The molecule has 0 aliphatic carbocycles. The van der Waals surface area contributed by atoms with Crippen LogP contribution in [0.1, 0.15) is 11.1 Å². The minimum atomic E-state index is -0.372. The molecule has 0 unspecified atom stereocenters. The summed E-state index contributed by atoms with van der Waals surface area (Å²) in [5.74, 6) is -0.372. The summed E-state index contributed by atoms with van der Waals surface area (Å²) >= 11 is 1.67. The Balaban J connectivity index is 1.91. The van der Waals surface area contributed by atoms with Gasteiger partial charge in [0, 0.05) is 17.1 Å². The Morgan fingerprint density at radius 1 is 1.19 bits per heavy atom. The molecule has 2 amide bonds. The van der Waals surface area contributed by atoms with Crippen molar-refractivity contribution in [1.82, 2.24) is 5.32 Å². The van der Waals surface area contributed by atoms with Crippen LogP contribution in [0, 0.1) is 12.7 Å². The standard InChI is InChI=1S/C16H17FN2OS/c1-11-3-6-13(17)9-15(11)19-16(20)18-10-12-4-7-14(21-2)8-5-12/h3-9H,10H2,1-2H3,(H2,18,19,20). The number of amides is 2. The lowest BCUT2D eigenvalue weighted by atomic mass is 10.2. The second-order valence-electron chi connectivity index (χ2n) is 4.61. The van der Waals surface area contributed by atoms with Crippen LogP contribution in [0.15, 0.2) is 47.4 Å². The molecule has 0 radical (unpaired) electrons. The van der Waals surface area contributed by atoms with Crippen molar-refractivity contribution in [3.05, 3.63) is 59.4 Å². The summed E-state index contributed by atoms with van der Waals surface area (Å²) in [6.45, 7) is 2.24. The monoisotopic (exact) mass is 304 g/mol. The van der Waals surface area contributed by atoms with Gasteiger partial charge in [0.25, 0.3) is 0 Å². The quantitative estimate of drug-likeness (QED) is 0.832. The van der Waals surface area contributed by atoms with Crippen molar-refractivity contribution in [2.45, 2.75) is 18.4 Å². The maximum Gasteiger partial charge on any atom is 0.319 e. The van der Waals surface area contributed by atoms with Crippen LogP contribution in [-0.2, 0) is 6.54 Å². The first kappa shape index (κ1) is 15.4. The molecule has 3 nitrogen and oxygen atoms in total. The van der Waals surface area contributed by atoms with Gasteiger partial charge in [-0.05, 0) is 48.6 Å². The highest BCUT2D eigenvalue weighted by Crippen LogP contribution is 2.16. The van der Waals surface area contributed by atoms with Crippen LogP contribution in [-0.4, -0.2) is 12.3 Å². The third-order valence-corrected chi connectivity index (χ3v) is 3.80. The van der Waals surface area contributed by atoms with E-state index in [-0.39, 0.29) is 11.8 Å². The molecular formula is C16H17FN2OS. The first-order valence-electron chi connectivity index (χ1n) is 6.52. The number of anilines is 1. The van der Waals surface area contributed by atoms with Gasteiger partial charge in [-0.2, -0.15) is 0 Å². The first-order chi connectivity index (χ1) is 10.1. The summed E-state index contributed by atoms with van der Waals surface area (Å²) in [6.07, 6.45) is 2.02. The molecule has 0 bridgehead atoms. The first-order valence-corrected chi connectivity index (χ1v) is 7.75. The Kier molecular flexibility index (Phi) is 5.22. The van der Waals surface area contributed by atoms with E-state index in [1.165, 1.54) is 17.0 Å². The number of hydrogen-bond donors (Lipinski definition) is 2. The Bertz CT molecular complexity index is 629. The van der Waals surface area contributed by atoms with Crippen LogP contribution in [0.2, 0.25) is 0 Å². The van der Waals surface area contributed by atoms with Gasteiger partial charge in [0.2, 0.25) is 0 Å². The predicted octanol–water partition coefficient (Wildman–Crippen LogP) is 4.18. The summed E-state index contributed by atoms with van der Waals surface area (Å²) in [4.78, 5) is 13.0. The number of nitrogens with one attached hydrogen (secondary N) is 2. The second-order valence-corrected chi connectivity index (χ2v) is 5.49. The largest absolute Gasteiger partial charge is 0.334 e. The van der Waals surface area contributed by atoms with Crippen molar-refractivity contribution < 1.29 is 9.18 Å². The van der Waals surface area contributed by atoms with Crippen molar-refractivity contribution >= 4 is 23.5 Å². The zero-order chi connectivity index (χ0) is 15.2. The average Bonchev–Trinajstić information content (AvgIpc) is 2.49. The molecule has 5 heteroatoms. The lowest BCUT2D eigenvalue weighted by molar-refractivity contribution is 0.251. The number of hydrogen-bond acceptors (Lipinski definition) is 2. The minimum Gasteiger partial charge on any atom is -0.334 e. The van der Waals surface area contributed by atoms with Crippen LogP contribution in [0.4, 0.5) is 14.9 Å². The molecule has 0 saturated heterocycles. The van der Waals surface area contributed by atoms with E-state index < -0.39 is 0 Å². The smallest absolute Gasteiger partial charge is 0.319 e. The van der Waals surface area contributed by atoms with Crippen LogP contribution < -0.4 is 10.6 Å². The highest BCUT2D eigenvalue weighted by Gasteiger charge is 2.05. The van der Waals surface area contributed by atoms with Crippen LogP contribution in [0.5, 0.6) is 0 Å². The molecule has 0 spiro atoms. The number of urea groups is 1. The van der Waals surface area contributed by atoms with Gasteiger partial charge in [-0.25, -0.2) is 9.18 Å². The summed E-state index contributed by atoms with van der Waals surface area (Å²) in [5.41, 5.74) is 2.31. The molecule has 0 aromatic heterocycles. The number of benzene rings is 2. The topological polar surface area (TPSA) is 41.1 Å². The molecular weight excluding hydrogens is 287 g/mol. The van der Waals surface area contributed by atoms with Gasteiger partial charge < -0.3 is 10.6 Å². The van der Waals surface area contributed by atoms with E-state index in [0.29, 0.717) is 12.2 Å². The maximum atomic E-state index is 13.1. The van der Waals surface area contributed by atoms with E-state index >= 15 is 0 Å².